The Labute approximate surface area is 134 Å². The Bertz CT molecular complexity index is 590. The number of halogens is 3. The van der Waals surface area contributed by atoms with Crippen LogP contribution in [0.25, 0.3) is 0 Å². The molecule has 0 unspecified atom stereocenters. The van der Waals surface area contributed by atoms with Crippen LogP contribution in [-0.4, -0.2) is 7.11 Å². The van der Waals surface area contributed by atoms with Crippen LogP contribution < -0.4 is 10.1 Å². The summed E-state index contributed by atoms with van der Waals surface area (Å²) in [5.41, 5.74) is 2.07. The molecule has 0 aromatic heterocycles. The molecule has 19 heavy (non-hydrogen) atoms. The third-order valence-electron chi connectivity index (χ3n) is 2.65. The Morgan fingerprint density at radius 2 is 1.95 bits per heavy atom. The highest BCUT2D eigenvalue weighted by atomic mass is 79.9. The van der Waals surface area contributed by atoms with Gasteiger partial charge in [-0.25, -0.2) is 0 Å². The van der Waals surface area contributed by atoms with Crippen molar-refractivity contribution in [2.45, 2.75) is 6.54 Å². The predicted molar refractivity (Wildman–Crippen MR) is 87.2 cm³/mol. The van der Waals surface area contributed by atoms with Gasteiger partial charge in [0.15, 0.2) is 0 Å². The lowest BCUT2D eigenvalue weighted by atomic mass is 10.2. The van der Waals surface area contributed by atoms with E-state index in [1.165, 1.54) is 0 Å². The SMILES string of the molecule is COc1ccc(Br)cc1NCc1ccc(Cl)cc1Br. The molecule has 0 aliphatic rings. The molecule has 0 heterocycles. The van der Waals surface area contributed by atoms with E-state index in [-0.39, 0.29) is 0 Å². The van der Waals surface area contributed by atoms with Crippen molar-refractivity contribution < 1.29 is 4.74 Å². The zero-order valence-corrected chi connectivity index (χ0v) is 14.1. The van der Waals surface area contributed by atoms with Crippen molar-refractivity contribution in [3.05, 3.63) is 55.9 Å². The maximum Gasteiger partial charge on any atom is 0.142 e. The van der Waals surface area contributed by atoms with Gasteiger partial charge < -0.3 is 10.1 Å². The number of ether oxygens (including phenoxy) is 1. The molecule has 0 aliphatic carbocycles. The first-order valence-electron chi connectivity index (χ1n) is 5.61. The van der Waals surface area contributed by atoms with Gasteiger partial charge in [0.1, 0.15) is 5.75 Å². The second-order valence-corrected chi connectivity index (χ2v) is 6.14. The Morgan fingerprint density at radius 3 is 2.63 bits per heavy atom. The van der Waals surface area contributed by atoms with Crippen LogP contribution in [0, 0.1) is 0 Å². The van der Waals surface area contributed by atoms with Crippen molar-refractivity contribution in [3.63, 3.8) is 0 Å². The third kappa shape index (κ3) is 3.88. The van der Waals surface area contributed by atoms with Crippen LogP contribution in [-0.2, 0) is 6.54 Å². The molecule has 2 nitrogen and oxygen atoms in total. The number of hydrogen-bond acceptors (Lipinski definition) is 2. The minimum atomic E-state index is 0.685. The monoisotopic (exact) mass is 403 g/mol. The molecular formula is C14H12Br2ClNO. The third-order valence-corrected chi connectivity index (χ3v) is 4.11. The van der Waals surface area contributed by atoms with E-state index >= 15 is 0 Å². The molecule has 5 heteroatoms. The summed E-state index contributed by atoms with van der Waals surface area (Å²) >= 11 is 12.9. The fourth-order valence-electron chi connectivity index (χ4n) is 1.67. The van der Waals surface area contributed by atoms with Crippen molar-refractivity contribution >= 4 is 49.1 Å². The molecule has 0 atom stereocenters. The van der Waals surface area contributed by atoms with Crippen molar-refractivity contribution in [2.24, 2.45) is 0 Å². The van der Waals surface area contributed by atoms with Gasteiger partial charge in [-0.1, -0.05) is 49.5 Å². The molecular weight excluding hydrogens is 393 g/mol. The summed E-state index contributed by atoms with van der Waals surface area (Å²) in [5.74, 6) is 0.813. The van der Waals surface area contributed by atoms with E-state index < -0.39 is 0 Å². The van der Waals surface area contributed by atoms with Gasteiger partial charge in [0.25, 0.3) is 0 Å². The van der Waals surface area contributed by atoms with Crippen molar-refractivity contribution in [3.8, 4) is 5.75 Å². The first kappa shape index (κ1) is 14.7. The number of benzene rings is 2. The molecule has 2 aromatic rings. The van der Waals surface area contributed by atoms with Crippen LogP contribution in [0.1, 0.15) is 5.56 Å². The maximum atomic E-state index is 5.93. The molecule has 0 fully saturated rings. The largest absolute Gasteiger partial charge is 0.495 e. The van der Waals surface area contributed by atoms with Gasteiger partial charge in [-0.2, -0.15) is 0 Å². The Kier molecular flexibility index (Phi) is 5.13. The van der Waals surface area contributed by atoms with Crippen LogP contribution in [0.3, 0.4) is 0 Å². The molecule has 0 radical (unpaired) electrons. The van der Waals surface area contributed by atoms with E-state index in [2.05, 4.69) is 37.2 Å². The van der Waals surface area contributed by atoms with Crippen molar-refractivity contribution in [1.82, 2.24) is 0 Å². The van der Waals surface area contributed by atoms with Crippen LogP contribution in [0.5, 0.6) is 5.75 Å². The van der Waals surface area contributed by atoms with Gasteiger partial charge in [-0.05, 0) is 35.9 Å². The second-order valence-electron chi connectivity index (χ2n) is 3.93. The number of nitrogens with one attached hydrogen (secondary N) is 1. The van der Waals surface area contributed by atoms with Gasteiger partial charge in [0, 0.05) is 20.5 Å². The molecule has 0 aliphatic heterocycles. The molecule has 1 N–H and O–H groups in total. The number of methoxy groups -OCH3 is 1. The second kappa shape index (κ2) is 6.64. The minimum absolute atomic E-state index is 0.685. The highest BCUT2D eigenvalue weighted by Crippen LogP contribution is 2.29. The number of anilines is 1. The molecule has 0 spiro atoms. The van der Waals surface area contributed by atoms with Gasteiger partial charge in [0.05, 0.1) is 12.8 Å². The van der Waals surface area contributed by atoms with Crippen molar-refractivity contribution in [2.75, 3.05) is 12.4 Å². The van der Waals surface area contributed by atoms with E-state index in [1.807, 2.05) is 36.4 Å². The minimum Gasteiger partial charge on any atom is -0.495 e. The topological polar surface area (TPSA) is 21.3 Å². The number of rotatable bonds is 4. The molecule has 2 rings (SSSR count). The van der Waals surface area contributed by atoms with Crippen LogP contribution in [0.2, 0.25) is 5.02 Å². The smallest absolute Gasteiger partial charge is 0.142 e. The van der Waals surface area contributed by atoms with Crippen LogP contribution in [0.4, 0.5) is 5.69 Å². The van der Waals surface area contributed by atoms with Gasteiger partial charge >= 0.3 is 0 Å². The fourth-order valence-corrected chi connectivity index (χ4v) is 2.86. The predicted octanol–water partition coefficient (Wildman–Crippen LogP) is 5.49. The summed E-state index contributed by atoms with van der Waals surface area (Å²) in [4.78, 5) is 0. The highest BCUT2D eigenvalue weighted by molar-refractivity contribution is 9.10. The Balaban J connectivity index is 2.16. The highest BCUT2D eigenvalue weighted by Gasteiger charge is 2.05. The van der Waals surface area contributed by atoms with Gasteiger partial charge in [0.2, 0.25) is 0 Å². The van der Waals surface area contributed by atoms with E-state index in [1.54, 1.807) is 7.11 Å². The molecule has 0 saturated heterocycles. The molecule has 100 valence electrons. The summed E-state index contributed by atoms with van der Waals surface area (Å²) in [6.07, 6.45) is 0. The molecule has 0 saturated carbocycles. The van der Waals surface area contributed by atoms with E-state index in [0.717, 1.165) is 31.0 Å². The lowest BCUT2D eigenvalue weighted by Crippen LogP contribution is -2.02. The van der Waals surface area contributed by atoms with Crippen LogP contribution in [0.15, 0.2) is 45.3 Å². The zero-order chi connectivity index (χ0) is 13.8. The average molecular weight is 406 g/mol. The molecule has 0 amide bonds. The molecule has 2 aromatic carbocycles. The average Bonchev–Trinajstić information content (AvgIpc) is 2.38. The van der Waals surface area contributed by atoms with Crippen molar-refractivity contribution in [1.29, 1.82) is 0 Å². The van der Waals surface area contributed by atoms with Gasteiger partial charge in [-0.3, -0.25) is 0 Å². The Morgan fingerprint density at radius 1 is 1.16 bits per heavy atom. The summed E-state index contributed by atoms with van der Waals surface area (Å²) in [7, 11) is 1.66. The van der Waals surface area contributed by atoms with E-state index in [4.69, 9.17) is 16.3 Å². The first-order chi connectivity index (χ1) is 9.10. The first-order valence-corrected chi connectivity index (χ1v) is 7.58. The summed E-state index contributed by atoms with van der Waals surface area (Å²) < 4.78 is 7.31. The summed E-state index contributed by atoms with van der Waals surface area (Å²) in [6.45, 7) is 0.685. The van der Waals surface area contributed by atoms with Gasteiger partial charge in [-0.15, -0.1) is 0 Å². The lowest BCUT2D eigenvalue weighted by Gasteiger charge is -2.12. The quantitative estimate of drug-likeness (QED) is 0.727. The number of hydrogen-bond donors (Lipinski definition) is 1. The van der Waals surface area contributed by atoms with E-state index in [9.17, 15) is 0 Å². The normalized spacial score (nSPS) is 10.3. The van der Waals surface area contributed by atoms with Crippen LogP contribution >= 0.6 is 43.5 Å². The summed E-state index contributed by atoms with van der Waals surface area (Å²) in [5, 5.41) is 4.07. The Hall–Kier alpha value is -0.710. The maximum absolute atomic E-state index is 5.93. The fraction of sp³-hybridized carbons (Fsp3) is 0.143. The van der Waals surface area contributed by atoms with E-state index in [0.29, 0.717) is 6.54 Å². The standard InChI is InChI=1S/C14H12Br2ClNO/c1-19-14-5-3-10(15)6-13(14)18-8-9-2-4-11(17)7-12(9)16/h2-7,18H,8H2,1H3. The molecule has 0 bridgehead atoms. The lowest BCUT2D eigenvalue weighted by molar-refractivity contribution is 0.416. The zero-order valence-electron chi connectivity index (χ0n) is 10.2. The summed E-state index contributed by atoms with van der Waals surface area (Å²) in [6, 6.07) is 11.6.